The van der Waals surface area contributed by atoms with Gasteiger partial charge in [0, 0.05) is 12.6 Å². The summed E-state index contributed by atoms with van der Waals surface area (Å²) >= 11 is 0. The first-order valence-corrected chi connectivity index (χ1v) is 8.67. The third kappa shape index (κ3) is 2.28. The first-order valence-electron chi connectivity index (χ1n) is 8.67. The number of imidazole rings is 1. The molecule has 0 saturated carbocycles. The highest BCUT2D eigenvalue weighted by molar-refractivity contribution is 5.99. The number of ketones is 1. The Bertz CT molecular complexity index is 1150. The summed E-state index contributed by atoms with van der Waals surface area (Å²) in [4.78, 5) is 22.1. The minimum atomic E-state index is 0.138. The third-order valence-corrected chi connectivity index (χ3v) is 5.14. The molecule has 26 heavy (non-hydrogen) atoms. The van der Waals surface area contributed by atoms with Crippen LogP contribution in [0, 0.1) is 0 Å². The second-order valence-electron chi connectivity index (χ2n) is 6.67. The Labute approximate surface area is 150 Å². The van der Waals surface area contributed by atoms with E-state index in [2.05, 4.69) is 4.98 Å². The Balaban J connectivity index is 1.59. The fraction of sp³-hybridized carbons (Fsp3) is 0.190. The van der Waals surface area contributed by atoms with E-state index < -0.39 is 0 Å². The number of hydrogen-bond donors (Lipinski definition) is 0. The summed E-state index contributed by atoms with van der Waals surface area (Å²) in [5.74, 6) is 1.74. The molecule has 0 fully saturated rings. The highest BCUT2D eigenvalue weighted by Crippen LogP contribution is 2.33. The smallest absolute Gasteiger partial charge is 0.235 e. The predicted molar refractivity (Wildman–Crippen MR) is 98.9 cm³/mol. The van der Waals surface area contributed by atoms with Crippen LogP contribution in [-0.4, -0.2) is 27.3 Å². The summed E-state index contributed by atoms with van der Waals surface area (Å²) in [5.41, 5.74) is 4.56. The van der Waals surface area contributed by atoms with E-state index in [1.165, 1.54) is 0 Å². The summed E-state index contributed by atoms with van der Waals surface area (Å²) in [7, 11) is 1.65. The maximum atomic E-state index is 12.8. The zero-order valence-electron chi connectivity index (χ0n) is 14.3. The van der Waals surface area contributed by atoms with Crippen LogP contribution in [0.2, 0.25) is 0 Å². The average molecular weight is 343 g/mol. The number of aromatic nitrogens is 3. The number of carbonyl (C=O) groups excluding carboxylic acids is 1. The summed E-state index contributed by atoms with van der Waals surface area (Å²) in [5, 5.41) is 0. The molecule has 0 saturated heterocycles. The first-order chi connectivity index (χ1) is 12.7. The van der Waals surface area contributed by atoms with Crippen molar-refractivity contribution in [3.63, 3.8) is 0 Å². The van der Waals surface area contributed by atoms with E-state index >= 15 is 0 Å². The number of benzene rings is 2. The van der Waals surface area contributed by atoms with Crippen molar-refractivity contribution < 1.29 is 9.53 Å². The lowest BCUT2D eigenvalue weighted by atomic mass is 9.82. The Morgan fingerprint density at radius 2 is 1.85 bits per heavy atom. The molecule has 4 aromatic rings. The number of ether oxygens (including phenoxy) is 1. The summed E-state index contributed by atoms with van der Waals surface area (Å²) in [6, 6.07) is 15.8. The molecule has 5 nitrogen and oxygen atoms in total. The maximum absolute atomic E-state index is 12.8. The van der Waals surface area contributed by atoms with Crippen molar-refractivity contribution in [3.05, 3.63) is 71.5 Å². The second-order valence-corrected chi connectivity index (χ2v) is 6.67. The predicted octanol–water partition coefficient (Wildman–Crippen LogP) is 3.80. The van der Waals surface area contributed by atoms with Gasteiger partial charge in [-0.15, -0.1) is 0 Å². The van der Waals surface area contributed by atoms with Gasteiger partial charge in [-0.05, 0) is 42.2 Å². The van der Waals surface area contributed by atoms with Crippen molar-refractivity contribution >= 4 is 22.6 Å². The first kappa shape index (κ1) is 15.1. The van der Waals surface area contributed by atoms with E-state index in [9.17, 15) is 4.79 Å². The molecule has 128 valence electrons. The molecule has 1 atom stereocenters. The van der Waals surface area contributed by atoms with Crippen molar-refractivity contribution in [2.45, 2.75) is 18.8 Å². The molecule has 2 heterocycles. The van der Waals surface area contributed by atoms with Gasteiger partial charge < -0.3 is 4.74 Å². The van der Waals surface area contributed by atoms with Crippen molar-refractivity contribution in [3.8, 4) is 5.75 Å². The molecule has 1 aliphatic carbocycles. The van der Waals surface area contributed by atoms with Crippen molar-refractivity contribution in [2.24, 2.45) is 0 Å². The molecule has 0 radical (unpaired) electrons. The number of carbonyl (C=O) groups is 1. The Morgan fingerprint density at radius 3 is 2.65 bits per heavy atom. The topological polar surface area (TPSA) is 56.5 Å². The van der Waals surface area contributed by atoms with Gasteiger partial charge in [-0.25, -0.2) is 9.97 Å². The highest BCUT2D eigenvalue weighted by Gasteiger charge is 2.28. The van der Waals surface area contributed by atoms with E-state index in [0.717, 1.165) is 34.5 Å². The van der Waals surface area contributed by atoms with Crippen molar-refractivity contribution in [2.75, 3.05) is 7.11 Å². The minimum Gasteiger partial charge on any atom is -0.497 e. The SMILES string of the molecule is COc1ccc([C@H]2CC(=O)c3cn4c(nc3C2)nc2ccccc24)cc1. The fourth-order valence-electron chi connectivity index (χ4n) is 3.76. The lowest BCUT2D eigenvalue weighted by Crippen LogP contribution is -2.21. The number of para-hydroxylation sites is 2. The lowest BCUT2D eigenvalue weighted by molar-refractivity contribution is 0.0962. The number of hydrogen-bond acceptors (Lipinski definition) is 4. The van der Waals surface area contributed by atoms with E-state index in [0.29, 0.717) is 17.8 Å². The molecule has 0 spiro atoms. The fourth-order valence-corrected chi connectivity index (χ4v) is 3.76. The average Bonchev–Trinajstić information content (AvgIpc) is 3.04. The largest absolute Gasteiger partial charge is 0.497 e. The molecular weight excluding hydrogens is 326 g/mol. The van der Waals surface area contributed by atoms with Crippen LogP contribution in [0.4, 0.5) is 0 Å². The Hall–Kier alpha value is -3.21. The normalized spacial score (nSPS) is 16.8. The van der Waals surface area contributed by atoms with E-state index in [-0.39, 0.29) is 11.7 Å². The van der Waals surface area contributed by atoms with Crippen LogP contribution in [0.15, 0.2) is 54.7 Å². The molecule has 0 N–H and O–H groups in total. The molecule has 0 bridgehead atoms. The van der Waals surface area contributed by atoms with Gasteiger partial charge in [0.05, 0.1) is 29.4 Å². The molecular formula is C21H17N3O2. The molecule has 2 aromatic carbocycles. The number of nitrogens with zero attached hydrogens (tertiary/aromatic N) is 3. The summed E-state index contributed by atoms with van der Waals surface area (Å²) in [6.07, 6.45) is 3.14. The van der Waals surface area contributed by atoms with Gasteiger partial charge in [-0.3, -0.25) is 9.20 Å². The molecule has 5 heteroatoms. The van der Waals surface area contributed by atoms with Gasteiger partial charge in [0.2, 0.25) is 5.78 Å². The standard InChI is InChI=1S/C21H17N3O2/c1-26-15-8-6-13(7-9-15)14-10-18-16(20(25)11-14)12-24-19-5-3-2-4-17(19)22-21(24)23-18/h2-9,12,14H,10-11H2,1H3/t14-/m1/s1. The zero-order valence-corrected chi connectivity index (χ0v) is 14.3. The monoisotopic (exact) mass is 343 g/mol. The maximum Gasteiger partial charge on any atom is 0.235 e. The van der Waals surface area contributed by atoms with Crippen LogP contribution in [0.5, 0.6) is 5.75 Å². The Morgan fingerprint density at radius 1 is 1.04 bits per heavy atom. The summed E-state index contributed by atoms with van der Waals surface area (Å²) < 4.78 is 7.14. The van der Waals surface area contributed by atoms with E-state index in [4.69, 9.17) is 9.72 Å². The van der Waals surface area contributed by atoms with E-state index in [1.807, 2.05) is 59.1 Å². The second kappa shape index (κ2) is 5.66. The summed E-state index contributed by atoms with van der Waals surface area (Å²) in [6.45, 7) is 0. The minimum absolute atomic E-state index is 0.138. The third-order valence-electron chi connectivity index (χ3n) is 5.14. The number of rotatable bonds is 2. The number of methoxy groups -OCH3 is 1. The molecule has 0 aliphatic heterocycles. The quantitative estimate of drug-likeness (QED) is 0.555. The highest BCUT2D eigenvalue weighted by atomic mass is 16.5. The lowest BCUT2D eigenvalue weighted by Gasteiger charge is -2.23. The zero-order chi connectivity index (χ0) is 17.7. The van der Waals surface area contributed by atoms with Gasteiger partial charge in [0.25, 0.3) is 0 Å². The molecule has 0 amide bonds. The van der Waals surface area contributed by atoms with Gasteiger partial charge in [0.15, 0.2) is 5.78 Å². The van der Waals surface area contributed by atoms with Crippen LogP contribution in [0.1, 0.15) is 34.0 Å². The van der Waals surface area contributed by atoms with Crippen LogP contribution >= 0.6 is 0 Å². The number of fused-ring (bicyclic) bond motifs is 4. The molecule has 2 aromatic heterocycles. The van der Waals surface area contributed by atoms with Crippen molar-refractivity contribution in [1.82, 2.24) is 14.4 Å². The van der Waals surface area contributed by atoms with Crippen LogP contribution in [0.25, 0.3) is 16.8 Å². The van der Waals surface area contributed by atoms with Gasteiger partial charge >= 0.3 is 0 Å². The number of Topliss-reactive ketones (excluding diaryl/α,β-unsaturated/α-hetero) is 1. The van der Waals surface area contributed by atoms with Gasteiger partial charge in [0.1, 0.15) is 5.75 Å². The van der Waals surface area contributed by atoms with Crippen LogP contribution in [-0.2, 0) is 6.42 Å². The molecule has 1 aliphatic rings. The van der Waals surface area contributed by atoms with Gasteiger partial charge in [-0.1, -0.05) is 24.3 Å². The molecule has 5 rings (SSSR count). The van der Waals surface area contributed by atoms with Crippen LogP contribution in [0.3, 0.4) is 0 Å². The van der Waals surface area contributed by atoms with Crippen molar-refractivity contribution in [1.29, 1.82) is 0 Å². The van der Waals surface area contributed by atoms with E-state index in [1.54, 1.807) is 7.11 Å². The molecule has 0 unspecified atom stereocenters. The van der Waals surface area contributed by atoms with Crippen LogP contribution < -0.4 is 4.74 Å². The van der Waals surface area contributed by atoms with Gasteiger partial charge in [-0.2, -0.15) is 0 Å². The Kier molecular flexibility index (Phi) is 3.28.